The van der Waals surface area contributed by atoms with Crippen LogP contribution in [-0.4, -0.2) is 210 Å². The summed E-state index contributed by atoms with van der Waals surface area (Å²) in [6.07, 6.45) is -24.7. The van der Waals surface area contributed by atoms with Crippen molar-refractivity contribution in [2.45, 2.75) is 149 Å². The molecule has 0 aliphatic carbocycles. The molecule has 0 saturated carbocycles. The zero-order valence-electron chi connectivity index (χ0n) is 58.7. The van der Waals surface area contributed by atoms with E-state index < -0.39 is 263 Å². The summed E-state index contributed by atoms with van der Waals surface area (Å²) in [5.41, 5.74) is 28.1. The Labute approximate surface area is 641 Å². The molecular formula is C54H74N18O37P6. The summed E-state index contributed by atoms with van der Waals surface area (Å²) in [6, 6.07) is 7.17. The predicted octanol–water partition coefficient (Wildman–Crippen LogP) is -3.27. The summed E-state index contributed by atoms with van der Waals surface area (Å²) in [4.78, 5) is 175. The van der Waals surface area contributed by atoms with Gasteiger partial charge in [-0.1, -0.05) is 0 Å². The van der Waals surface area contributed by atoms with Crippen LogP contribution >= 0.6 is 46.9 Å². The molecule has 12 heterocycles. The van der Waals surface area contributed by atoms with Crippen LogP contribution in [0.5, 0.6) is 0 Å². The molecule has 6 saturated heterocycles. The molecule has 0 radical (unpaired) electrons. The highest BCUT2D eigenvalue weighted by Gasteiger charge is 2.51. The predicted molar refractivity (Wildman–Crippen MR) is 376 cm³/mol. The zero-order valence-corrected chi connectivity index (χ0v) is 64.1. The van der Waals surface area contributed by atoms with Crippen molar-refractivity contribution in [2.24, 2.45) is 0 Å². The van der Waals surface area contributed by atoms with Gasteiger partial charge in [0.15, 0.2) is 0 Å². The second-order valence-corrected chi connectivity index (χ2v) is 34.1. The molecule has 6 fully saturated rings. The van der Waals surface area contributed by atoms with Gasteiger partial charge in [0.25, 0.3) is 0 Å². The van der Waals surface area contributed by atoms with Gasteiger partial charge >= 0.3 is 81.1 Å². The van der Waals surface area contributed by atoms with Crippen LogP contribution in [0, 0.1) is 0 Å². The molecule has 0 aromatic carbocycles. The number of nitrogen functional groups attached to an aromatic ring is 6. The fraction of sp³-hybridized carbons (Fsp3) is 0.556. The van der Waals surface area contributed by atoms with Gasteiger partial charge in [-0.25, -0.2) is 56.2 Å². The Balaban J connectivity index is 0.722. The van der Waals surface area contributed by atoms with Crippen molar-refractivity contribution >= 4 is 81.8 Å². The Morgan fingerprint density at radius 3 is 0.670 bits per heavy atom. The highest BCUT2D eigenvalue weighted by atomic mass is 31.2. The van der Waals surface area contributed by atoms with E-state index in [1.54, 1.807) is 0 Å². The van der Waals surface area contributed by atoms with Crippen molar-refractivity contribution in [3.8, 4) is 0 Å². The highest BCUT2D eigenvalue weighted by molar-refractivity contribution is 7.48. The van der Waals surface area contributed by atoms with E-state index in [2.05, 4.69) is 34.4 Å². The van der Waals surface area contributed by atoms with E-state index in [0.717, 1.165) is 70.5 Å². The Kier molecular flexibility index (Phi) is 26.5. The molecule has 0 spiro atoms. The lowest BCUT2D eigenvalue weighted by molar-refractivity contribution is -0.0656. The van der Waals surface area contributed by atoms with Crippen molar-refractivity contribution in [2.75, 3.05) is 74.0 Å². The van der Waals surface area contributed by atoms with E-state index in [9.17, 15) is 95.5 Å². The Morgan fingerprint density at radius 1 is 0.304 bits per heavy atom. The second-order valence-electron chi connectivity index (χ2n) is 25.8. The zero-order chi connectivity index (χ0) is 83.0. The van der Waals surface area contributed by atoms with Gasteiger partial charge in [0.2, 0.25) is 0 Å². The van der Waals surface area contributed by atoms with Crippen LogP contribution in [0.2, 0.25) is 0 Å². The molecule has 0 bridgehead atoms. The summed E-state index contributed by atoms with van der Waals surface area (Å²) < 4.78 is 181. The molecule has 6 aliphatic rings. The lowest BCUT2D eigenvalue weighted by Crippen LogP contribution is -2.32. The van der Waals surface area contributed by atoms with Crippen LogP contribution in [0.4, 0.5) is 34.9 Å². The number of hydrogen-bond donors (Lipinski definition) is 14. The summed E-state index contributed by atoms with van der Waals surface area (Å²) in [5.74, 6) is -1.27. The number of nitrogens with zero attached hydrogens (tertiary/aromatic N) is 12. The van der Waals surface area contributed by atoms with Crippen molar-refractivity contribution in [3.05, 3.63) is 136 Å². The van der Waals surface area contributed by atoms with E-state index in [0.29, 0.717) is 0 Å². The first-order valence-corrected chi connectivity index (χ1v) is 42.7. The maximum atomic E-state index is 14.3. The topological polar surface area (TPSA) is 787 Å². The molecule has 6 aliphatic heterocycles. The first-order valence-electron chi connectivity index (χ1n) is 33.7. The molecule has 20 N–H and O–H groups in total. The Hall–Kier alpha value is -7.54. The fourth-order valence-corrected chi connectivity index (χ4v) is 17.7. The SMILES string of the molecule is Nc1ccn([C@H]2C[C@H](OP(=O)(O)OC[C@H]3O[C@@H](n4ccc(N)nc4=O)C[C@@H]3OP(=O)(O)OC[C@H]3O[C@@H](n4ccc(N)nc4=O)C[C@@H]3OP(=O)(O)OC[C@H]3O[C@@H](n4ccc(N)nc4=O)C[C@@H]3OP(=O)(O)OC[C@H]3O[C@@H](n4ccc(N)nc4=O)C[C@@H]3OP(=O)(O)OC[C@H]3O[C@@H](n4ccc(N)nc4=O)C[C@@H]3O)[C@@H](COP(=O)(O)O)O2)c(=O)n1. The summed E-state index contributed by atoms with van der Waals surface area (Å²) in [7, 11) is -32.8. The standard InChI is InChI=1S/C54H74N18O37P6/c55-37-1-7-67(49(74)61-37)43-13-25(73)31(99-43)19-94-111(83,84)106-27-15-45(69-9-3-39(57)63-51(69)76)101-33(27)21-96-113(87,88)108-29-17-47(71-11-5-41(59)65-53(71)78)103-35(29)23-98-115(91,92)109-30-18-48(72-12-6-42(60)66-54(72)79)104-36(30)24-97-114(89,90)107-28-16-46(70-10-4-40(58)64-52(70)77)102-34(28)22-95-112(85,86)105-26-14-44(68-8-2-38(56)62-50(68)75)100-32(26)20-93-110(80,81)82/h1-12,25-36,43-48,73H,13-24H2,(H,83,84)(H,85,86)(H,87,88)(H,89,90)(H,91,92)(H2,55,61,74)(H2,56,62,75)(H2,57,63,76)(H2,58,64,77)(H2,59,65,78)(H2,60,66,79)(H2,80,81,82)/t25-,26-,27-,28-,29-,30-,31+,32+,33+,34+,35+,36+,43+,44+,45+,46+,47+,48+/m0/s1. The summed E-state index contributed by atoms with van der Waals surface area (Å²) in [5, 5.41) is 10.8. The monoisotopic (exact) mass is 1750 g/mol. The number of phosphoric ester groups is 6. The van der Waals surface area contributed by atoms with Gasteiger partial charge in [0.05, 0.1) is 45.7 Å². The third-order valence-electron chi connectivity index (χ3n) is 17.8. The van der Waals surface area contributed by atoms with Crippen LogP contribution in [0.3, 0.4) is 0 Å². The minimum absolute atomic E-state index is 0.102. The lowest BCUT2D eigenvalue weighted by atomic mass is 10.2. The number of aliphatic hydroxyl groups excluding tert-OH is 1. The third kappa shape index (κ3) is 22.5. The van der Waals surface area contributed by atoms with Crippen LogP contribution in [-0.2, 0) is 106 Å². The number of nitrogens with two attached hydrogens (primary N) is 6. The maximum absolute atomic E-state index is 14.3. The van der Waals surface area contributed by atoms with Crippen molar-refractivity contribution in [3.63, 3.8) is 0 Å². The lowest BCUT2D eigenvalue weighted by Gasteiger charge is -2.26. The molecular weight excluding hydrogens is 1680 g/mol. The molecule has 55 nitrogen and oxygen atoms in total. The van der Waals surface area contributed by atoms with E-state index in [1.807, 2.05) is 0 Å². The quantitative estimate of drug-likeness (QED) is 0.0176. The molecule has 632 valence electrons. The minimum Gasteiger partial charge on any atom is -0.390 e. The van der Waals surface area contributed by atoms with Crippen LogP contribution < -0.4 is 68.5 Å². The number of anilines is 6. The molecule has 0 amide bonds. The van der Waals surface area contributed by atoms with Crippen molar-refractivity contribution in [1.29, 1.82) is 0 Å². The van der Waals surface area contributed by atoms with Gasteiger partial charge in [-0.2, -0.15) is 29.9 Å². The average molecular weight is 1750 g/mol. The van der Waals surface area contributed by atoms with Gasteiger partial charge in [0, 0.05) is 75.7 Å². The number of phosphoric acid groups is 6. The molecule has 12 rings (SSSR count). The molecule has 61 heteroatoms. The van der Waals surface area contributed by atoms with Gasteiger partial charge < -0.3 is 102 Å². The largest absolute Gasteiger partial charge is 0.472 e. The molecule has 23 atom stereocenters. The third-order valence-corrected chi connectivity index (χ3v) is 23.4. The fourth-order valence-electron chi connectivity index (χ4n) is 12.6. The first kappa shape index (κ1) is 86.8. The van der Waals surface area contributed by atoms with Crippen LogP contribution in [0.1, 0.15) is 75.9 Å². The normalized spacial score (nSPS) is 30.4. The van der Waals surface area contributed by atoms with Gasteiger partial charge in [-0.15, -0.1) is 0 Å². The molecule has 5 unspecified atom stereocenters. The van der Waals surface area contributed by atoms with Gasteiger partial charge in [-0.3, -0.25) is 77.2 Å². The number of hydrogen-bond acceptors (Lipinski definition) is 42. The van der Waals surface area contributed by atoms with Gasteiger partial charge in [-0.05, 0) is 36.4 Å². The summed E-state index contributed by atoms with van der Waals surface area (Å²) >= 11 is 0. The Bertz CT molecular complexity index is 5240. The van der Waals surface area contributed by atoms with Gasteiger partial charge in [0.1, 0.15) is 139 Å². The van der Waals surface area contributed by atoms with E-state index in [1.165, 1.54) is 30.5 Å². The molecule has 6 aromatic rings. The van der Waals surface area contributed by atoms with Crippen molar-refractivity contribution < 1.29 is 145 Å². The van der Waals surface area contributed by atoms with Crippen LogP contribution in [0.25, 0.3) is 0 Å². The number of rotatable bonds is 34. The molecule has 115 heavy (non-hydrogen) atoms. The average Bonchev–Trinajstić information content (AvgIpc) is 1.67. The van der Waals surface area contributed by atoms with E-state index in [4.69, 9.17) is 108 Å². The minimum atomic E-state index is -5.65. The maximum Gasteiger partial charge on any atom is 0.472 e. The van der Waals surface area contributed by atoms with E-state index >= 15 is 0 Å². The number of aromatic nitrogens is 12. The highest BCUT2D eigenvalue weighted by Crippen LogP contribution is 2.56. The van der Waals surface area contributed by atoms with E-state index in [-0.39, 0.29) is 41.3 Å². The molecule has 6 aromatic heterocycles. The van der Waals surface area contributed by atoms with Crippen LogP contribution in [0.15, 0.2) is 102 Å². The van der Waals surface area contributed by atoms with Crippen molar-refractivity contribution in [1.82, 2.24) is 57.3 Å². The second kappa shape index (κ2) is 35.2. The summed E-state index contributed by atoms with van der Waals surface area (Å²) in [6.45, 7) is -6.33. The number of aliphatic hydroxyl groups is 1. The number of ether oxygens (including phenoxy) is 6. The smallest absolute Gasteiger partial charge is 0.390 e. The Morgan fingerprint density at radius 2 is 0.478 bits per heavy atom. The first-order chi connectivity index (χ1) is 54.0.